The van der Waals surface area contributed by atoms with Crippen LogP contribution in [-0.2, 0) is 9.59 Å². The normalized spacial score (nSPS) is 20.9. The number of amides is 5. The number of nitrogens with zero attached hydrogens (tertiary/aromatic N) is 8. The fourth-order valence-corrected chi connectivity index (χ4v) is 8.77. The molecule has 2 aromatic carbocycles. The minimum absolute atomic E-state index is 0.0154. The van der Waals surface area contributed by atoms with Crippen LogP contribution in [0, 0.1) is 5.92 Å². The highest BCUT2D eigenvalue weighted by atomic mass is 19.1. The number of hydrogen-bond acceptors (Lipinski definition) is 12. The minimum Gasteiger partial charge on any atom is -0.494 e. The van der Waals surface area contributed by atoms with Crippen LogP contribution in [0.15, 0.2) is 55.1 Å². The molecule has 3 aromatic heterocycles. The van der Waals surface area contributed by atoms with Gasteiger partial charge < -0.3 is 19.7 Å². The number of carbonyl (C=O) groups excluding carboxylic acids is 5. The summed E-state index contributed by atoms with van der Waals surface area (Å²) in [4.78, 5) is 73.7. The lowest BCUT2D eigenvalue weighted by Gasteiger charge is -2.49. The Hall–Kier alpha value is -6.43. The van der Waals surface area contributed by atoms with Crippen LogP contribution in [-0.4, -0.2) is 122 Å². The van der Waals surface area contributed by atoms with Gasteiger partial charge in [-0.3, -0.25) is 43.8 Å². The zero-order valence-corrected chi connectivity index (χ0v) is 32.2. The van der Waals surface area contributed by atoms with Crippen molar-refractivity contribution in [3.05, 3.63) is 71.8 Å². The molecule has 17 nitrogen and oxygen atoms in total. The topological polar surface area (TPSA) is 186 Å². The molecule has 1 unspecified atom stereocenters. The maximum atomic E-state index is 16.3. The summed E-state index contributed by atoms with van der Waals surface area (Å²) in [6.07, 6.45) is 10.7. The van der Waals surface area contributed by atoms with Gasteiger partial charge in [0, 0.05) is 56.1 Å². The molecule has 59 heavy (non-hydrogen) atoms. The third-order valence-corrected chi connectivity index (χ3v) is 12.0. The number of ether oxygens (including phenoxy) is 2. The highest BCUT2D eigenvalue weighted by Gasteiger charge is 2.50. The number of fused-ring (bicyclic) bond motifs is 3. The first-order chi connectivity index (χ1) is 28.6. The van der Waals surface area contributed by atoms with E-state index in [1.807, 2.05) is 23.0 Å². The lowest BCUT2D eigenvalue weighted by atomic mass is 9.92. The minimum atomic E-state index is -1.51. The fraction of sp³-hybridized carbons (Fsp3) is 0.415. The number of hydrogen-bond donors (Lipinski definition) is 2. The number of halogens is 1. The van der Waals surface area contributed by atoms with Crippen LogP contribution in [0.3, 0.4) is 0 Å². The molecule has 7 heterocycles. The van der Waals surface area contributed by atoms with Crippen LogP contribution < -0.4 is 25.0 Å². The van der Waals surface area contributed by atoms with Crippen molar-refractivity contribution in [3.63, 3.8) is 0 Å². The molecule has 0 spiro atoms. The van der Waals surface area contributed by atoms with Gasteiger partial charge in [-0.2, -0.15) is 10.2 Å². The van der Waals surface area contributed by atoms with Gasteiger partial charge in [0.1, 0.15) is 17.4 Å². The molecule has 3 saturated heterocycles. The predicted octanol–water partition coefficient (Wildman–Crippen LogP) is 3.40. The summed E-state index contributed by atoms with van der Waals surface area (Å²) in [5.41, 5.74) is 1.23. The van der Waals surface area contributed by atoms with E-state index in [9.17, 15) is 24.0 Å². The van der Waals surface area contributed by atoms with E-state index in [4.69, 9.17) is 14.6 Å². The number of benzene rings is 2. The van der Waals surface area contributed by atoms with Crippen LogP contribution >= 0.6 is 0 Å². The Morgan fingerprint density at radius 1 is 1.05 bits per heavy atom. The van der Waals surface area contributed by atoms with E-state index in [0.717, 1.165) is 41.5 Å². The van der Waals surface area contributed by atoms with E-state index in [-0.39, 0.29) is 61.3 Å². The Morgan fingerprint density at radius 3 is 2.63 bits per heavy atom. The number of likely N-dealkylation sites (tertiary alicyclic amines) is 1. The number of piperidine rings is 2. The van der Waals surface area contributed by atoms with E-state index in [0.29, 0.717) is 53.9 Å². The van der Waals surface area contributed by atoms with Crippen LogP contribution in [0.1, 0.15) is 75.6 Å². The van der Waals surface area contributed by atoms with Crippen molar-refractivity contribution >= 4 is 57.5 Å². The van der Waals surface area contributed by atoms with Gasteiger partial charge in [-0.25, -0.2) is 13.9 Å². The number of rotatable bonds is 11. The zero-order valence-electron chi connectivity index (χ0n) is 32.2. The number of imide groups is 2. The number of nitrogens with one attached hydrogen (secondary N) is 2. The number of aromatic nitrogens is 5. The summed E-state index contributed by atoms with van der Waals surface area (Å²) in [7, 11) is 1.39. The van der Waals surface area contributed by atoms with Gasteiger partial charge in [-0.15, -0.1) is 0 Å². The first-order valence-corrected chi connectivity index (χ1v) is 19.9. The molecule has 1 saturated carbocycles. The molecule has 5 aromatic rings. The summed E-state index contributed by atoms with van der Waals surface area (Å²) >= 11 is 0. The first-order valence-electron chi connectivity index (χ1n) is 19.9. The smallest absolute Gasteiger partial charge is 0.266 e. The van der Waals surface area contributed by atoms with Crippen LogP contribution in [0.2, 0.25) is 0 Å². The second-order valence-electron chi connectivity index (χ2n) is 16.2. The van der Waals surface area contributed by atoms with Crippen LogP contribution in [0.5, 0.6) is 11.5 Å². The predicted molar refractivity (Wildman–Crippen MR) is 209 cm³/mol. The molecule has 0 bridgehead atoms. The fourth-order valence-electron chi connectivity index (χ4n) is 8.77. The van der Waals surface area contributed by atoms with Gasteiger partial charge >= 0.3 is 0 Å². The van der Waals surface area contributed by atoms with Crippen molar-refractivity contribution in [1.82, 2.24) is 39.5 Å². The zero-order chi connectivity index (χ0) is 40.6. The van der Waals surface area contributed by atoms with Crippen LogP contribution in [0.4, 0.5) is 15.8 Å². The molecular formula is C41H41FN10O7. The molecule has 0 radical (unpaired) electrons. The Labute approximate surface area is 336 Å². The largest absolute Gasteiger partial charge is 0.494 e. The molecule has 1 aliphatic carbocycles. The van der Waals surface area contributed by atoms with Crippen molar-refractivity contribution in [2.24, 2.45) is 5.92 Å². The third-order valence-electron chi connectivity index (χ3n) is 12.0. The Bertz CT molecular complexity index is 2570. The molecule has 4 fully saturated rings. The highest BCUT2D eigenvalue weighted by Crippen LogP contribution is 2.44. The Balaban J connectivity index is 0.787. The van der Waals surface area contributed by atoms with Gasteiger partial charge in [0.2, 0.25) is 11.8 Å². The summed E-state index contributed by atoms with van der Waals surface area (Å²) in [5, 5.41) is 15.2. The van der Waals surface area contributed by atoms with Gasteiger partial charge in [0.05, 0.1) is 67.1 Å². The number of anilines is 2. The summed E-state index contributed by atoms with van der Waals surface area (Å²) in [6.45, 7) is 2.29. The molecule has 18 heteroatoms. The lowest BCUT2D eigenvalue weighted by molar-refractivity contribution is -0.136. The quantitative estimate of drug-likeness (QED) is 0.186. The second-order valence-corrected chi connectivity index (χ2v) is 16.2. The van der Waals surface area contributed by atoms with Crippen molar-refractivity contribution < 1.29 is 37.8 Å². The molecule has 5 aliphatic rings. The van der Waals surface area contributed by atoms with E-state index in [1.165, 1.54) is 19.4 Å². The third kappa shape index (κ3) is 6.60. The molecule has 1 atom stereocenters. The first kappa shape index (κ1) is 36.9. The van der Waals surface area contributed by atoms with E-state index in [1.54, 1.807) is 33.9 Å². The summed E-state index contributed by atoms with van der Waals surface area (Å²) < 4.78 is 31.7. The molecular weight excluding hydrogens is 764 g/mol. The molecule has 10 rings (SSSR count). The van der Waals surface area contributed by atoms with Gasteiger partial charge in [0.15, 0.2) is 17.1 Å². The average Bonchev–Trinajstić information content (AvgIpc) is 3.70. The average molecular weight is 805 g/mol. The molecule has 4 aliphatic heterocycles. The monoisotopic (exact) mass is 804 g/mol. The standard InChI is InChI=1S/C41H41FN10O7/c1-58-35-30(6-5-26-34(35)40(57)52(39(26)56)31-7-8-33(53)46-38(31)55)49-21-41(42,22-49)20-48-13-9-25(10-14-48)51-18-24-15-29(32(16-28(24)47-51)59-19-23-3-4-23)45-37(54)27-17-44-50-12-2-11-43-36(27)50/h2,5-6,11-12,15-18,23,25,31H,3-4,7-10,13-14,19-22H2,1H3,(H,45,54)(H,46,53,55). The van der Waals surface area contributed by atoms with Crippen LogP contribution in [0.25, 0.3) is 16.6 Å². The van der Waals surface area contributed by atoms with Crippen molar-refractivity contribution in [1.29, 1.82) is 0 Å². The number of carbonyl (C=O) groups is 5. The molecule has 2 N–H and O–H groups in total. The Kier molecular flexibility index (Phi) is 8.84. The SMILES string of the molecule is COc1c(N2CC(F)(CN3CCC(n4cc5cc(NC(=O)c6cnn7cccnc67)c(OCC6CC6)cc5n4)CC3)C2)ccc2c1C(=O)N(C1CCC(=O)NC1=O)C2=O. The summed E-state index contributed by atoms with van der Waals surface area (Å²) in [5.74, 6) is -1.58. The lowest BCUT2D eigenvalue weighted by Crippen LogP contribution is -2.64. The maximum Gasteiger partial charge on any atom is 0.266 e. The van der Waals surface area contributed by atoms with Crippen molar-refractivity contribution in [2.45, 2.75) is 56.3 Å². The van der Waals surface area contributed by atoms with Gasteiger partial charge in [-0.05, 0) is 62.3 Å². The number of alkyl halides is 1. The van der Waals surface area contributed by atoms with E-state index >= 15 is 4.39 Å². The number of methoxy groups -OCH3 is 1. The molecule has 5 amide bonds. The Morgan fingerprint density at radius 2 is 1.86 bits per heavy atom. The molecule has 304 valence electrons. The highest BCUT2D eigenvalue weighted by molar-refractivity contribution is 6.25. The van der Waals surface area contributed by atoms with Crippen molar-refractivity contribution in [3.8, 4) is 11.5 Å². The van der Waals surface area contributed by atoms with Crippen molar-refractivity contribution in [2.75, 3.05) is 56.7 Å². The summed E-state index contributed by atoms with van der Waals surface area (Å²) in [6, 6.07) is 7.67. The van der Waals surface area contributed by atoms with Gasteiger partial charge in [-0.1, -0.05) is 0 Å². The van der Waals surface area contributed by atoms with Gasteiger partial charge in [0.25, 0.3) is 17.7 Å². The maximum absolute atomic E-state index is 16.3. The second kappa shape index (κ2) is 14.1. The van der Waals surface area contributed by atoms with E-state index in [2.05, 4.69) is 25.6 Å². The van der Waals surface area contributed by atoms with E-state index < -0.39 is 35.3 Å².